The molecule has 0 fully saturated rings. The van der Waals surface area contributed by atoms with Crippen molar-refractivity contribution in [2.75, 3.05) is 0 Å². The first kappa shape index (κ1) is 8.89. The van der Waals surface area contributed by atoms with Crippen molar-refractivity contribution in [3.8, 4) is 0 Å². The van der Waals surface area contributed by atoms with E-state index in [1.54, 1.807) is 6.26 Å². The first-order valence-electron chi connectivity index (χ1n) is 4.35. The summed E-state index contributed by atoms with van der Waals surface area (Å²) >= 11 is 0. The van der Waals surface area contributed by atoms with Crippen molar-refractivity contribution in [2.24, 2.45) is 0 Å². The Bertz CT molecular complexity index is 355. The Morgan fingerprint density at radius 3 is 3.21 bits per heavy atom. The van der Waals surface area contributed by atoms with Gasteiger partial charge >= 0.3 is 0 Å². The van der Waals surface area contributed by atoms with E-state index >= 15 is 0 Å². The maximum Gasteiger partial charge on any atom is 0.191 e. The molecule has 0 bridgehead atoms. The van der Waals surface area contributed by atoms with Crippen LogP contribution in [0.15, 0.2) is 22.8 Å². The van der Waals surface area contributed by atoms with Gasteiger partial charge in [0.05, 0.1) is 18.8 Å². The molecule has 0 spiro atoms. The minimum atomic E-state index is 0.0545. The van der Waals surface area contributed by atoms with Gasteiger partial charge in [-0.1, -0.05) is 5.21 Å². The van der Waals surface area contributed by atoms with Gasteiger partial charge in [0, 0.05) is 0 Å². The summed E-state index contributed by atoms with van der Waals surface area (Å²) in [6.45, 7) is 2.62. The van der Waals surface area contributed by atoms with E-state index in [1.165, 1.54) is 0 Å². The van der Waals surface area contributed by atoms with E-state index in [-0.39, 0.29) is 6.04 Å². The largest absolute Gasteiger partial charge is 0.468 e. The van der Waals surface area contributed by atoms with Crippen molar-refractivity contribution in [1.82, 2.24) is 25.9 Å². The van der Waals surface area contributed by atoms with Crippen molar-refractivity contribution in [3.05, 3.63) is 30.0 Å². The van der Waals surface area contributed by atoms with Gasteiger partial charge in [-0.05, 0) is 19.1 Å². The van der Waals surface area contributed by atoms with E-state index < -0.39 is 0 Å². The van der Waals surface area contributed by atoms with Crippen LogP contribution >= 0.6 is 0 Å². The van der Waals surface area contributed by atoms with E-state index in [4.69, 9.17) is 4.42 Å². The number of furan rings is 1. The molecule has 0 saturated carbocycles. The summed E-state index contributed by atoms with van der Waals surface area (Å²) in [7, 11) is 0. The van der Waals surface area contributed by atoms with E-state index in [9.17, 15) is 0 Å². The molecule has 2 aromatic heterocycles. The zero-order chi connectivity index (χ0) is 9.80. The highest BCUT2D eigenvalue weighted by Gasteiger charge is 2.09. The van der Waals surface area contributed by atoms with Crippen LogP contribution < -0.4 is 5.32 Å². The molecule has 2 rings (SSSR count). The Hall–Kier alpha value is -1.69. The second-order valence-corrected chi connectivity index (χ2v) is 2.95. The van der Waals surface area contributed by atoms with Crippen LogP contribution in [0.1, 0.15) is 24.6 Å². The van der Waals surface area contributed by atoms with Gasteiger partial charge in [0.25, 0.3) is 0 Å². The summed E-state index contributed by atoms with van der Waals surface area (Å²) in [6, 6.07) is 3.82. The first-order chi connectivity index (χ1) is 6.86. The number of hydrogen-bond donors (Lipinski definition) is 2. The summed E-state index contributed by atoms with van der Waals surface area (Å²) in [5.41, 5.74) is 0. The summed E-state index contributed by atoms with van der Waals surface area (Å²) in [5, 5.41) is 16.9. The van der Waals surface area contributed by atoms with Crippen molar-refractivity contribution in [3.63, 3.8) is 0 Å². The van der Waals surface area contributed by atoms with Gasteiger partial charge in [-0.3, -0.25) is 0 Å². The zero-order valence-electron chi connectivity index (χ0n) is 7.77. The van der Waals surface area contributed by atoms with Gasteiger partial charge in [0.1, 0.15) is 5.76 Å². The third-order valence-electron chi connectivity index (χ3n) is 1.91. The summed E-state index contributed by atoms with van der Waals surface area (Å²) in [5.74, 6) is 1.54. The predicted molar refractivity (Wildman–Crippen MR) is 48.1 cm³/mol. The summed E-state index contributed by atoms with van der Waals surface area (Å²) in [4.78, 5) is 0. The van der Waals surface area contributed by atoms with Gasteiger partial charge in [0.15, 0.2) is 5.82 Å². The average molecular weight is 193 g/mol. The maximum atomic E-state index is 5.17. The fourth-order valence-corrected chi connectivity index (χ4v) is 1.11. The molecule has 2 N–H and O–H groups in total. The SMILES string of the molecule is CC(NCc1ccco1)c1nn[nH]n1. The molecule has 0 aliphatic rings. The number of aromatic amines is 1. The Labute approximate surface area is 80.7 Å². The van der Waals surface area contributed by atoms with Crippen LogP contribution in [0.5, 0.6) is 0 Å². The molecule has 2 heterocycles. The van der Waals surface area contributed by atoms with Crippen LogP contribution in [-0.4, -0.2) is 20.6 Å². The predicted octanol–water partition coefficient (Wildman–Crippen LogP) is 0.643. The molecule has 0 aliphatic heterocycles. The highest BCUT2D eigenvalue weighted by Crippen LogP contribution is 2.06. The summed E-state index contributed by atoms with van der Waals surface area (Å²) in [6.07, 6.45) is 1.65. The molecule has 74 valence electrons. The molecule has 1 atom stereocenters. The van der Waals surface area contributed by atoms with Gasteiger partial charge in [0.2, 0.25) is 0 Å². The molecule has 1 unspecified atom stereocenters. The molecule has 14 heavy (non-hydrogen) atoms. The van der Waals surface area contributed by atoms with Gasteiger partial charge in [-0.15, -0.1) is 10.2 Å². The lowest BCUT2D eigenvalue weighted by Crippen LogP contribution is -2.18. The molecule has 6 heteroatoms. The average Bonchev–Trinajstić information content (AvgIpc) is 2.87. The molecule has 2 aromatic rings. The quantitative estimate of drug-likeness (QED) is 0.745. The number of tetrazole rings is 1. The minimum absolute atomic E-state index is 0.0545. The van der Waals surface area contributed by atoms with Crippen LogP contribution in [0.2, 0.25) is 0 Å². The molecular formula is C8H11N5O. The van der Waals surface area contributed by atoms with Gasteiger partial charge < -0.3 is 9.73 Å². The third kappa shape index (κ3) is 1.97. The monoisotopic (exact) mass is 193 g/mol. The highest BCUT2D eigenvalue weighted by atomic mass is 16.3. The lowest BCUT2D eigenvalue weighted by atomic mass is 10.3. The Balaban J connectivity index is 1.87. The van der Waals surface area contributed by atoms with E-state index in [1.807, 2.05) is 19.1 Å². The van der Waals surface area contributed by atoms with Crippen LogP contribution in [0.25, 0.3) is 0 Å². The minimum Gasteiger partial charge on any atom is -0.468 e. The molecule has 0 aliphatic carbocycles. The fraction of sp³-hybridized carbons (Fsp3) is 0.375. The van der Waals surface area contributed by atoms with Gasteiger partial charge in [-0.2, -0.15) is 5.21 Å². The second-order valence-electron chi connectivity index (χ2n) is 2.95. The van der Waals surface area contributed by atoms with E-state index in [0.29, 0.717) is 12.4 Å². The topological polar surface area (TPSA) is 79.6 Å². The second kappa shape index (κ2) is 4.01. The Kier molecular flexibility index (Phi) is 2.55. The molecule has 0 amide bonds. The number of hydrogen-bond acceptors (Lipinski definition) is 5. The van der Waals surface area contributed by atoms with Crippen molar-refractivity contribution >= 4 is 0 Å². The van der Waals surface area contributed by atoms with Crippen molar-refractivity contribution < 1.29 is 4.42 Å². The Morgan fingerprint density at radius 1 is 1.64 bits per heavy atom. The number of H-pyrrole nitrogens is 1. The van der Waals surface area contributed by atoms with Crippen molar-refractivity contribution in [1.29, 1.82) is 0 Å². The smallest absolute Gasteiger partial charge is 0.191 e. The number of nitrogens with zero attached hydrogens (tertiary/aromatic N) is 3. The lowest BCUT2D eigenvalue weighted by molar-refractivity contribution is 0.453. The lowest BCUT2D eigenvalue weighted by Gasteiger charge is -2.07. The molecule has 0 aromatic carbocycles. The molecular weight excluding hydrogens is 182 g/mol. The molecule has 6 nitrogen and oxygen atoms in total. The van der Waals surface area contributed by atoms with Gasteiger partial charge in [-0.25, -0.2) is 0 Å². The zero-order valence-corrected chi connectivity index (χ0v) is 7.77. The number of nitrogens with one attached hydrogen (secondary N) is 2. The number of rotatable bonds is 4. The first-order valence-corrected chi connectivity index (χ1v) is 4.35. The molecule has 0 saturated heterocycles. The maximum absolute atomic E-state index is 5.17. The third-order valence-corrected chi connectivity index (χ3v) is 1.91. The Morgan fingerprint density at radius 2 is 2.57 bits per heavy atom. The fourth-order valence-electron chi connectivity index (χ4n) is 1.11. The highest BCUT2D eigenvalue weighted by molar-refractivity contribution is 4.98. The van der Waals surface area contributed by atoms with Crippen molar-refractivity contribution in [2.45, 2.75) is 19.5 Å². The standard InChI is InChI=1S/C8H11N5O/c1-6(8-10-12-13-11-8)9-5-7-3-2-4-14-7/h2-4,6,9H,5H2,1H3,(H,10,11,12,13). The van der Waals surface area contributed by atoms with Crippen LogP contribution in [-0.2, 0) is 6.54 Å². The number of aromatic nitrogens is 4. The molecule has 0 radical (unpaired) electrons. The van der Waals surface area contributed by atoms with Crippen LogP contribution in [0, 0.1) is 0 Å². The normalized spacial score (nSPS) is 12.9. The summed E-state index contributed by atoms with van der Waals surface area (Å²) < 4.78 is 5.17. The van der Waals surface area contributed by atoms with E-state index in [0.717, 1.165) is 5.76 Å². The van der Waals surface area contributed by atoms with E-state index in [2.05, 4.69) is 25.9 Å². The van der Waals surface area contributed by atoms with Crippen LogP contribution in [0.3, 0.4) is 0 Å². The van der Waals surface area contributed by atoms with Crippen LogP contribution in [0.4, 0.5) is 0 Å².